The summed E-state index contributed by atoms with van der Waals surface area (Å²) in [6.07, 6.45) is 3.05. The van der Waals surface area contributed by atoms with Crippen LogP contribution >= 0.6 is 0 Å². The van der Waals surface area contributed by atoms with E-state index >= 15 is 0 Å². The number of esters is 1. The van der Waals surface area contributed by atoms with Crippen molar-refractivity contribution in [3.05, 3.63) is 24.0 Å². The molecule has 0 spiro atoms. The van der Waals surface area contributed by atoms with Crippen molar-refractivity contribution in [2.45, 2.75) is 0 Å². The summed E-state index contributed by atoms with van der Waals surface area (Å²) in [7, 11) is 5.24. The minimum absolute atomic E-state index is 0.399. The Labute approximate surface area is 95.0 Å². The van der Waals surface area contributed by atoms with Crippen molar-refractivity contribution >= 4 is 5.97 Å². The van der Waals surface area contributed by atoms with Gasteiger partial charge in [0.2, 0.25) is 0 Å². The van der Waals surface area contributed by atoms with Crippen molar-refractivity contribution < 1.29 is 14.3 Å². The third kappa shape index (κ3) is 3.51. The van der Waals surface area contributed by atoms with Gasteiger partial charge in [0.05, 0.1) is 13.3 Å². The largest absolute Gasteiger partial charge is 0.490 e. The Kier molecular flexibility index (Phi) is 4.72. The normalized spacial score (nSPS) is 10.2. The maximum atomic E-state index is 11.4. The van der Waals surface area contributed by atoms with E-state index in [9.17, 15) is 4.79 Å². The molecule has 1 aromatic rings. The van der Waals surface area contributed by atoms with Gasteiger partial charge < -0.3 is 14.4 Å². The molecule has 0 bridgehead atoms. The number of carbonyl (C=O) groups is 1. The smallest absolute Gasteiger partial charge is 0.341 e. The first kappa shape index (κ1) is 12.4. The summed E-state index contributed by atoms with van der Waals surface area (Å²) in [5.41, 5.74) is 0.399. The van der Waals surface area contributed by atoms with E-state index in [4.69, 9.17) is 4.74 Å². The Morgan fingerprint density at radius 1 is 1.50 bits per heavy atom. The molecule has 0 radical (unpaired) electrons. The average molecular weight is 224 g/mol. The van der Waals surface area contributed by atoms with Crippen LogP contribution in [0.3, 0.4) is 0 Å². The second kappa shape index (κ2) is 6.07. The molecule has 5 nitrogen and oxygen atoms in total. The van der Waals surface area contributed by atoms with Crippen molar-refractivity contribution in [2.24, 2.45) is 0 Å². The van der Waals surface area contributed by atoms with Crippen LogP contribution in [-0.2, 0) is 4.74 Å². The van der Waals surface area contributed by atoms with Gasteiger partial charge in [0, 0.05) is 12.7 Å². The molecule has 0 fully saturated rings. The quantitative estimate of drug-likeness (QED) is 0.693. The van der Waals surface area contributed by atoms with E-state index in [2.05, 4.69) is 9.72 Å². The summed E-state index contributed by atoms with van der Waals surface area (Å²) in [5, 5.41) is 0. The number of aromatic nitrogens is 1. The third-order valence-corrected chi connectivity index (χ3v) is 1.99. The number of pyridine rings is 1. The zero-order valence-corrected chi connectivity index (χ0v) is 9.77. The molecule has 1 rings (SSSR count). The molecule has 88 valence electrons. The molecule has 1 aromatic heterocycles. The van der Waals surface area contributed by atoms with E-state index in [-0.39, 0.29) is 0 Å². The van der Waals surface area contributed by atoms with Gasteiger partial charge in [-0.2, -0.15) is 0 Å². The molecule has 16 heavy (non-hydrogen) atoms. The second-order valence-electron chi connectivity index (χ2n) is 3.52. The predicted octanol–water partition coefficient (Wildman–Crippen LogP) is 0.809. The van der Waals surface area contributed by atoms with Crippen molar-refractivity contribution in [1.29, 1.82) is 0 Å². The number of ether oxygens (including phenoxy) is 2. The third-order valence-electron chi connectivity index (χ3n) is 1.99. The molecule has 0 aliphatic heterocycles. The lowest BCUT2D eigenvalue weighted by Gasteiger charge is -2.12. The lowest BCUT2D eigenvalue weighted by Crippen LogP contribution is -2.20. The highest BCUT2D eigenvalue weighted by Crippen LogP contribution is 2.16. The van der Waals surface area contributed by atoms with Crippen molar-refractivity contribution in [1.82, 2.24) is 9.88 Å². The lowest BCUT2D eigenvalue weighted by atomic mass is 10.2. The molecule has 0 saturated carbocycles. The van der Waals surface area contributed by atoms with E-state index in [1.807, 2.05) is 19.0 Å². The molecule has 0 saturated heterocycles. The van der Waals surface area contributed by atoms with Gasteiger partial charge in [-0.05, 0) is 20.2 Å². The molecular weight excluding hydrogens is 208 g/mol. The van der Waals surface area contributed by atoms with Gasteiger partial charge in [-0.15, -0.1) is 0 Å². The number of methoxy groups -OCH3 is 1. The molecule has 0 amide bonds. The summed E-state index contributed by atoms with van der Waals surface area (Å²) in [5.74, 6) is 0.0402. The molecule has 0 aromatic carbocycles. The van der Waals surface area contributed by atoms with Crippen molar-refractivity contribution in [3.63, 3.8) is 0 Å². The highest BCUT2D eigenvalue weighted by Gasteiger charge is 2.12. The minimum atomic E-state index is -0.415. The Bertz CT molecular complexity index is 353. The zero-order chi connectivity index (χ0) is 12.0. The lowest BCUT2D eigenvalue weighted by molar-refractivity contribution is 0.0595. The zero-order valence-electron chi connectivity index (χ0n) is 9.77. The van der Waals surface area contributed by atoms with Crippen molar-refractivity contribution in [2.75, 3.05) is 34.4 Å². The first-order valence-electron chi connectivity index (χ1n) is 4.95. The molecule has 0 atom stereocenters. The Morgan fingerprint density at radius 2 is 2.25 bits per heavy atom. The van der Waals surface area contributed by atoms with Crippen LogP contribution in [0.15, 0.2) is 18.5 Å². The van der Waals surface area contributed by atoms with E-state index in [0.29, 0.717) is 17.9 Å². The number of likely N-dealkylation sites (N-methyl/N-ethyl adjacent to an activating group) is 1. The molecular formula is C11H16N2O3. The standard InChI is InChI=1S/C11H16N2O3/c1-13(2)6-7-16-10-8-12-5-4-9(10)11(14)15-3/h4-5,8H,6-7H2,1-3H3. The minimum Gasteiger partial charge on any atom is -0.490 e. The summed E-state index contributed by atoms with van der Waals surface area (Å²) in [6, 6.07) is 1.58. The SMILES string of the molecule is COC(=O)c1ccncc1OCCN(C)C. The van der Waals surface area contributed by atoms with Gasteiger partial charge in [-0.25, -0.2) is 4.79 Å². The van der Waals surface area contributed by atoms with Crippen LogP contribution in [0, 0.1) is 0 Å². The van der Waals surface area contributed by atoms with Crippen LogP contribution in [0.1, 0.15) is 10.4 Å². The molecule has 5 heteroatoms. The Balaban J connectivity index is 2.67. The number of carbonyl (C=O) groups excluding carboxylic acids is 1. The van der Waals surface area contributed by atoms with Crippen LogP contribution in [0.5, 0.6) is 5.75 Å². The summed E-state index contributed by atoms with van der Waals surface area (Å²) in [6.45, 7) is 1.28. The van der Waals surface area contributed by atoms with Crippen LogP contribution in [0.2, 0.25) is 0 Å². The molecule has 1 heterocycles. The molecule has 0 aliphatic carbocycles. The molecule has 0 N–H and O–H groups in total. The van der Waals surface area contributed by atoms with Gasteiger partial charge >= 0.3 is 5.97 Å². The number of nitrogens with zero attached hydrogens (tertiary/aromatic N) is 2. The highest BCUT2D eigenvalue weighted by atomic mass is 16.5. The highest BCUT2D eigenvalue weighted by molar-refractivity contribution is 5.92. The average Bonchev–Trinajstić information content (AvgIpc) is 2.28. The van der Waals surface area contributed by atoms with Crippen LogP contribution in [0.4, 0.5) is 0 Å². The van der Waals surface area contributed by atoms with Gasteiger partial charge in [0.15, 0.2) is 5.75 Å². The first-order chi connectivity index (χ1) is 7.65. The Hall–Kier alpha value is -1.62. The van der Waals surface area contributed by atoms with Gasteiger partial charge in [0.1, 0.15) is 12.2 Å². The van der Waals surface area contributed by atoms with E-state index in [0.717, 1.165) is 6.54 Å². The second-order valence-corrected chi connectivity index (χ2v) is 3.52. The summed E-state index contributed by atoms with van der Waals surface area (Å²) in [4.78, 5) is 17.3. The van der Waals surface area contributed by atoms with Crippen LogP contribution in [-0.4, -0.2) is 50.2 Å². The van der Waals surface area contributed by atoms with E-state index in [1.54, 1.807) is 6.07 Å². The van der Waals surface area contributed by atoms with Gasteiger partial charge in [-0.1, -0.05) is 0 Å². The van der Waals surface area contributed by atoms with Gasteiger partial charge in [-0.3, -0.25) is 4.98 Å². The topological polar surface area (TPSA) is 51.7 Å². The molecule has 0 unspecified atom stereocenters. The fraction of sp³-hybridized carbons (Fsp3) is 0.455. The summed E-state index contributed by atoms with van der Waals surface area (Å²) < 4.78 is 10.1. The van der Waals surface area contributed by atoms with Crippen LogP contribution < -0.4 is 4.74 Å². The summed E-state index contributed by atoms with van der Waals surface area (Å²) >= 11 is 0. The van der Waals surface area contributed by atoms with E-state index < -0.39 is 5.97 Å². The van der Waals surface area contributed by atoms with E-state index in [1.165, 1.54) is 19.5 Å². The van der Waals surface area contributed by atoms with Gasteiger partial charge in [0.25, 0.3) is 0 Å². The number of hydrogen-bond acceptors (Lipinski definition) is 5. The fourth-order valence-electron chi connectivity index (χ4n) is 1.11. The maximum absolute atomic E-state index is 11.4. The maximum Gasteiger partial charge on any atom is 0.341 e. The van der Waals surface area contributed by atoms with Crippen LogP contribution in [0.25, 0.3) is 0 Å². The number of hydrogen-bond donors (Lipinski definition) is 0. The number of rotatable bonds is 5. The first-order valence-corrected chi connectivity index (χ1v) is 4.95. The molecule has 0 aliphatic rings. The predicted molar refractivity (Wildman–Crippen MR) is 59.6 cm³/mol. The Morgan fingerprint density at radius 3 is 2.88 bits per heavy atom. The van der Waals surface area contributed by atoms with Crippen molar-refractivity contribution in [3.8, 4) is 5.75 Å². The fourth-order valence-corrected chi connectivity index (χ4v) is 1.11. The monoisotopic (exact) mass is 224 g/mol.